The minimum atomic E-state index is -1.65. The zero-order chi connectivity index (χ0) is 19.6. The lowest BCUT2D eigenvalue weighted by atomic mass is 10.0. The number of aliphatic hydroxyl groups is 1. The first kappa shape index (κ1) is 18.5. The third-order valence-electron chi connectivity index (χ3n) is 4.35. The van der Waals surface area contributed by atoms with Crippen molar-refractivity contribution in [2.45, 2.75) is 18.9 Å². The van der Waals surface area contributed by atoms with Crippen LogP contribution in [0.1, 0.15) is 29.4 Å². The van der Waals surface area contributed by atoms with Gasteiger partial charge in [0.25, 0.3) is 11.8 Å². The van der Waals surface area contributed by atoms with Crippen molar-refractivity contribution in [2.75, 3.05) is 25.5 Å². The van der Waals surface area contributed by atoms with E-state index >= 15 is 0 Å². The number of nitrogens with zero attached hydrogens (tertiary/aromatic N) is 3. The molecular formula is C19H21N5O3. The van der Waals surface area contributed by atoms with E-state index in [-0.39, 0.29) is 18.0 Å². The number of carbonyl (C=O) groups is 2. The van der Waals surface area contributed by atoms with Crippen LogP contribution < -0.4 is 11.1 Å². The lowest BCUT2D eigenvalue weighted by Crippen LogP contribution is -2.37. The van der Waals surface area contributed by atoms with Gasteiger partial charge in [0.15, 0.2) is 5.69 Å². The number of primary amides is 1. The number of nitrogens with two attached hydrogens (primary N) is 1. The number of anilines is 1. The lowest BCUT2D eigenvalue weighted by molar-refractivity contribution is -0.137. The van der Waals surface area contributed by atoms with Crippen molar-refractivity contribution in [1.82, 2.24) is 14.7 Å². The van der Waals surface area contributed by atoms with Crippen LogP contribution in [0.4, 0.5) is 5.69 Å². The molecule has 8 heteroatoms. The Hall–Kier alpha value is -3.31. The Balaban J connectivity index is 1.91. The largest absolute Gasteiger partial charge is 0.382 e. The summed E-state index contributed by atoms with van der Waals surface area (Å²) in [6.45, 7) is 3.00. The van der Waals surface area contributed by atoms with Gasteiger partial charge in [-0.15, -0.1) is 0 Å². The molecule has 140 valence electrons. The molecule has 3 rings (SSSR count). The van der Waals surface area contributed by atoms with Crippen LogP contribution in [0.25, 0.3) is 5.69 Å². The number of amides is 2. The second kappa shape index (κ2) is 7.13. The standard InChI is InChI=1S/C19H21N5O3/c1-3-21-15-12-24(22-16(15)17(20)25)14-6-4-5-13(11-14)7-8-19(27)9-10-23(2)18(19)26/h4-6,11-12,21,27H,3,9-10H2,1-2H3,(H2,20,25). The van der Waals surface area contributed by atoms with Gasteiger partial charge in [-0.2, -0.15) is 5.10 Å². The molecule has 1 saturated heterocycles. The fourth-order valence-electron chi connectivity index (χ4n) is 2.88. The number of benzene rings is 1. The molecule has 2 amide bonds. The van der Waals surface area contributed by atoms with Crippen molar-refractivity contribution in [3.05, 3.63) is 41.7 Å². The van der Waals surface area contributed by atoms with Crippen molar-refractivity contribution < 1.29 is 14.7 Å². The molecule has 1 aromatic carbocycles. The number of likely N-dealkylation sites (N-methyl/N-ethyl adjacent to an activating group) is 1. The highest BCUT2D eigenvalue weighted by Gasteiger charge is 2.42. The molecule has 0 radical (unpaired) electrons. The zero-order valence-electron chi connectivity index (χ0n) is 15.2. The van der Waals surface area contributed by atoms with Crippen LogP contribution in [0.15, 0.2) is 30.5 Å². The van der Waals surface area contributed by atoms with Gasteiger partial charge in [0.05, 0.1) is 17.6 Å². The smallest absolute Gasteiger partial charge is 0.271 e. The van der Waals surface area contributed by atoms with Crippen molar-refractivity contribution in [3.8, 4) is 17.5 Å². The van der Waals surface area contributed by atoms with Gasteiger partial charge in [0.1, 0.15) is 0 Å². The highest BCUT2D eigenvalue weighted by molar-refractivity contribution is 5.96. The predicted molar refractivity (Wildman–Crippen MR) is 100 cm³/mol. The molecule has 0 saturated carbocycles. The quantitative estimate of drug-likeness (QED) is 0.675. The maximum Gasteiger partial charge on any atom is 0.271 e. The first-order valence-corrected chi connectivity index (χ1v) is 8.59. The van der Waals surface area contributed by atoms with Crippen molar-refractivity contribution in [1.29, 1.82) is 0 Å². The number of nitrogens with one attached hydrogen (secondary N) is 1. The molecule has 2 aromatic rings. The van der Waals surface area contributed by atoms with Gasteiger partial charge in [-0.25, -0.2) is 4.68 Å². The SMILES string of the molecule is CCNc1cn(-c2cccc(C#CC3(O)CCN(C)C3=O)c2)nc1C(N)=O. The summed E-state index contributed by atoms with van der Waals surface area (Å²) in [6, 6.07) is 7.12. The van der Waals surface area contributed by atoms with Crippen LogP contribution in [-0.4, -0.2) is 57.3 Å². The van der Waals surface area contributed by atoms with Crippen LogP contribution in [0.2, 0.25) is 0 Å². The van der Waals surface area contributed by atoms with Crippen LogP contribution in [-0.2, 0) is 4.79 Å². The Morgan fingerprint density at radius 1 is 1.48 bits per heavy atom. The molecule has 4 N–H and O–H groups in total. The molecule has 1 atom stereocenters. The minimum absolute atomic E-state index is 0.155. The van der Waals surface area contributed by atoms with Crippen LogP contribution in [0, 0.1) is 11.8 Å². The number of rotatable bonds is 4. The second-order valence-electron chi connectivity index (χ2n) is 6.37. The van der Waals surface area contributed by atoms with Gasteiger partial charge in [-0.3, -0.25) is 9.59 Å². The molecule has 0 bridgehead atoms. The second-order valence-corrected chi connectivity index (χ2v) is 6.37. The molecule has 0 aliphatic carbocycles. The highest BCUT2D eigenvalue weighted by atomic mass is 16.3. The van der Waals surface area contributed by atoms with Crippen molar-refractivity contribution >= 4 is 17.5 Å². The maximum atomic E-state index is 12.0. The number of hydrogen-bond donors (Lipinski definition) is 3. The number of carbonyl (C=O) groups excluding carboxylic acids is 2. The maximum absolute atomic E-state index is 12.0. The molecular weight excluding hydrogens is 346 g/mol. The monoisotopic (exact) mass is 367 g/mol. The lowest BCUT2D eigenvalue weighted by Gasteiger charge is -2.13. The summed E-state index contributed by atoms with van der Waals surface area (Å²) in [5.74, 6) is 4.54. The summed E-state index contributed by atoms with van der Waals surface area (Å²) < 4.78 is 1.53. The number of likely N-dealkylation sites (tertiary alicyclic amines) is 1. The van der Waals surface area contributed by atoms with E-state index in [1.165, 1.54) is 9.58 Å². The summed E-state index contributed by atoms with van der Waals surface area (Å²) in [5.41, 5.74) is 5.73. The van der Waals surface area contributed by atoms with Crippen LogP contribution >= 0.6 is 0 Å². The van der Waals surface area contributed by atoms with Crippen LogP contribution in [0.5, 0.6) is 0 Å². The number of hydrogen-bond acceptors (Lipinski definition) is 5. The van der Waals surface area contributed by atoms with Gasteiger partial charge >= 0.3 is 0 Å². The molecule has 1 aliphatic heterocycles. The summed E-state index contributed by atoms with van der Waals surface area (Å²) in [5, 5.41) is 17.7. The third-order valence-corrected chi connectivity index (χ3v) is 4.35. The van der Waals surface area contributed by atoms with Gasteiger partial charge in [-0.1, -0.05) is 17.9 Å². The first-order chi connectivity index (χ1) is 12.8. The summed E-state index contributed by atoms with van der Waals surface area (Å²) in [4.78, 5) is 25.0. The van der Waals surface area contributed by atoms with Crippen LogP contribution in [0.3, 0.4) is 0 Å². The Morgan fingerprint density at radius 3 is 2.89 bits per heavy atom. The van der Waals surface area contributed by atoms with E-state index in [9.17, 15) is 14.7 Å². The van der Waals surface area contributed by atoms with E-state index in [0.29, 0.717) is 30.0 Å². The minimum Gasteiger partial charge on any atom is -0.382 e. The van der Waals surface area contributed by atoms with E-state index in [1.807, 2.05) is 13.0 Å². The Kier molecular flexibility index (Phi) is 4.88. The first-order valence-electron chi connectivity index (χ1n) is 8.59. The third kappa shape index (κ3) is 3.64. The van der Waals surface area contributed by atoms with Crippen molar-refractivity contribution in [2.24, 2.45) is 5.73 Å². The van der Waals surface area contributed by atoms with Gasteiger partial charge in [-0.05, 0) is 25.1 Å². The number of aromatic nitrogens is 2. The molecule has 27 heavy (non-hydrogen) atoms. The van der Waals surface area contributed by atoms with E-state index in [1.54, 1.807) is 31.4 Å². The molecule has 1 fully saturated rings. The Morgan fingerprint density at radius 2 is 2.26 bits per heavy atom. The van der Waals surface area contributed by atoms with E-state index in [4.69, 9.17) is 5.73 Å². The molecule has 2 heterocycles. The predicted octanol–water partition coefficient (Wildman–Crippen LogP) is 0.348. The summed E-state index contributed by atoms with van der Waals surface area (Å²) >= 11 is 0. The molecule has 1 aromatic heterocycles. The van der Waals surface area contributed by atoms with Gasteiger partial charge in [0, 0.05) is 32.1 Å². The Bertz CT molecular complexity index is 956. The summed E-state index contributed by atoms with van der Waals surface area (Å²) in [6.07, 6.45) is 1.96. The topological polar surface area (TPSA) is 113 Å². The molecule has 8 nitrogen and oxygen atoms in total. The normalized spacial score (nSPS) is 18.9. The fraction of sp³-hybridized carbons (Fsp3) is 0.316. The zero-order valence-corrected chi connectivity index (χ0v) is 15.2. The Labute approximate surface area is 157 Å². The average Bonchev–Trinajstić information content (AvgIpc) is 3.18. The molecule has 1 unspecified atom stereocenters. The van der Waals surface area contributed by atoms with E-state index in [2.05, 4.69) is 22.3 Å². The van der Waals surface area contributed by atoms with Crippen molar-refractivity contribution in [3.63, 3.8) is 0 Å². The molecule has 0 spiro atoms. The van der Waals surface area contributed by atoms with Gasteiger partial charge < -0.3 is 21.1 Å². The van der Waals surface area contributed by atoms with E-state index in [0.717, 1.165) is 0 Å². The highest BCUT2D eigenvalue weighted by Crippen LogP contribution is 2.21. The average molecular weight is 367 g/mol. The van der Waals surface area contributed by atoms with E-state index < -0.39 is 11.5 Å². The summed E-state index contributed by atoms with van der Waals surface area (Å²) in [7, 11) is 1.64. The fourth-order valence-corrected chi connectivity index (χ4v) is 2.88. The molecule has 1 aliphatic rings. The van der Waals surface area contributed by atoms with Gasteiger partial charge in [0.2, 0.25) is 5.60 Å².